The number of nitriles is 1. The van der Waals surface area contributed by atoms with Gasteiger partial charge in [0.2, 0.25) is 0 Å². The molecule has 4 nitrogen and oxygen atoms in total. The number of hydrogen-bond donors (Lipinski definition) is 0. The third-order valence-electron chi connectivity index (χ3n) is 4.36. The molecule has 0 bridgehead atoms. The molecule has 3 rings (SSSR count). The molecular formula is C24H20ClNO3. The van der Waals surface area contributed by atoms with Crippen molar-refractivity contribution >= 4 is 23.3 Å². The number of nitrogens with zero attached hydrogens (tertiary/aromatic N) is 1. The van der Waals surface area contributed by atoms with Gasteiger partial charge in [0, 0.05) is 10.6 Å². The molecule has 0 aromatic heterocycles. The highest BCUT2D eigenvalue weighted by Gasteiger charge is 2.08. The van der Waals surface area contributed by atoms with Gasteiger partial charge < -0.3 is 14.2 Å². The lowest BCUT2D eigenvalue weighted by Crippen LogP contribution is -1.96. The lowest BCUT2D eigenvalue weighted by molar-refractivity contribution is 0.306. The van der Waals surface area contributed by atoms with E-state index in [1.165, 1.54) is 0 Å². The Hall–Kier alpha value is -3.42. The molecule has 0 radical (unpaired) electrons. The predicted molar refractivity (Wildman–Crippen MR) is 115 cm³/mol. The van der Waals surface area contributed by atoms with Crippen LogP contribution in [-0.2, 0) is 6.61 Å². The van der Waals surface area contributed by atoms with Crippen molar-refractivity contribution in [3.05, 3.63) is 88.4 Å². The SMILES string of the molecule is COc1ccc(/C(C#N)=C/c2ccc(OCc3ccccc3Cl)cc2)cc1OC. The Morgan fingerprint density at radius 2 is 1.69 bits per heavy atom. The van der Waals surface area contributed by atoms with Crippen LogP contribution in [0.5, 0.6) is 17.2 Å². The number of methoxy groups -OCH3 is 2. The van der Waals surface area contributed by atoms with Crippen molar-refractivity contribution in [3.63, 3.8) is 0 Å². The lowest BCUT2D eigenvalue weighted by Gasteiger charge is -2.09. The van der Waals surface area contributed by atoms with Crippen molar-refractivity contribution in [1.82, 2.24) is 0 Å². The largest absolute Gasteiger partial charge is 0.493 e. The summed E-state index contributed by atoms with van der Waals surface area (Å²) in [5.41, 5.74) is 3.10. The average Bonchev–Trinajstić information content (AvgIpc) is 2.77. The van der Waals surface area contributed by atoms with Gasteiger partial charge in [-0.05, 0) is 53.6 Å². The van der Waals surface area contributed by atoms with Crippen molar-refractivity contribution in [1.29, 1.82) is 5.26 Å². The first-order valence-corrected chi connectivity index (χ1v) is 9.33. The number of hydrogen-bond acceptors (Lipinski definition) is 4. The summed E-state index contributed by atoms with van der Waals surface area (Å²) in [6, 6.07) is 22.8. The molecule has 3 aromatic rings. The summed E-state index contributed by atoms with van der Waals surface area (Å²) >= 11 is 6.15. The van der Waals surface area contributed by atoms with Gasteiger partial charge in [-0.2, -0.15) is 5.26 Å². The van der Waals surface area contributed by atoms with E-state index in [-0.39, 0.29) is 0 Å². The van der Waals surface area contributed by atoms with Crippen LogP contribution in [0.4, 0.5) is 0 Å². The van der Waals surface area contributed by atoms with Crippen LogP contribution in [0.3, 0.4) is 0 Å². The van der Waals surface area contributed by atoms with Crippen molar-refractivity contribution in [2.75, 3.05) is 14.2 Å². The second-order valence-electron chi connectivity index (χ2n) is 6.19. The van der Waals surface area contributed by atoms with Crippen LogP contribution >= 0.6 is 11.6 Å². The van der Waals surface area contributed by atoms with Gasteiger partial charge in [0.25, 0.3) is 0 Å². The fraction of sp³-hybridized carbons (Fsp3) is 0.125. The smallest absolute Gasteiger partial charge is 0.161 e. The highest BCUT2D eigenvalue weighted by Crippen LogP contribution is 2.31. The lowest BCUT2D eigenvalue weighted by atomic mass is 10.0. The third kappa shape index (κ3) is 5.10. The molecule has 3 aromatic carbocycles. The number of rotatable bonds is 7. The van der Waals surface area contributed by atoms with Crippen LogP contribution in [0.15, 0.2) is 66.7 Å². The van der Waals surface area contributed by atoms with Crippen molar-refractivity contribution < 1.29 is 14.2 Å². The third-order valence-corrected chi connectivity index (χ3v) is 4.73. The molecule has 0 heterocycles. The summed E-state index contributed by atoms with van der Waals surface area (Å²) in [4.78, 5) is 0. The minimum absolute atomic E-state index is 0.393. The Kier molecular flexibility index (Phi) is 6.78. The molecule has 0 saturated heterocycles. The van der Waals surface area contributed by atoms with Gasteiger partial charge in [-0.15, -0.1) is 0 Å². The molecule has 0 aliphatic heterocycles. The predicted octanol–water partition coefficient (Wildman–Crippen LogP) is 6.00. The van der Waals surface area contributed by atoms with E-state index in [1.807, 2.05) is 60.7 Å². The van der Waals surface area contributed by atoms with Gasteiger partial charge in [-0.1, -0.05) is 41.9 Å². The summed E-state index contributed by atoms with van der Waals surface area (Å²) < 4.78 is 16.4. The first-order valence-electron chi connectivity index (χ1n) is 8.95. The molecule has 0 spiro atoms. The average molecular weight is 406 g/mol. The number of ether oxygens (including phenoxy) is 3. The first-order chi connectivity index (χ1) is 14.1. The van der Waals surface area contributed by atoms with Gasteiger partial charge in [0.1, 0.15) is 12.4 Å². The molecule has 0 saturated carbocycles. The Morgan fingerprint density at radius 3 is 2.34 bits per heavy atom. The van der Waals surface area contributed by atoms with Crippen LogP contribution in [0.25, 0.3) is 11.6 Å². The fourth-order valence-corrected chi connectivity index (χ4v) is 2.98. The topological polar surface area (TPSA) is 51.5 Å². The molecular weight excluding hydrogens is 386 g/mol. The quantitative estimate of drug-likeness (QED) is 0.357. The zero-order valence-electron chi connectivity index (χ0n) is 16.2. The van der Waals surface area contributed by atoms with Gasteiger partial charge in [-0.3, -0.25) is 0 Å². The molecule has 0 N–H and O–H groups in total. The van der Waals surface area contributed by atoms with Gasteiger partial charge in [0.05, 0.1) is 25.9 Å². The molecule has 29 heavy (non-hydrogen) atoms. The van der Waals surface area contributed by atoms with Crippen molar-refractivity contribution in [3.8, 4) is 23.3 Å². The minimum Gasteiger partial charge on any atom is -0.493 e. The summed E-state index contributed by atoms with van der Waals surface area (Å²) in [6.45, 7) is 0.393. The van der Waals surface area contributed by atoms with Crippen molar-refractivity contribution in [2.45, 2.75) is 6.61 Å². The van der Waals surface area contributed by atoms with Crippen LogP contribution in [0, 0.1) is 11.3 Å². The number of benzene rings is 3. The van der Waals surface area contributed by atoms with E-state index in [1.54, 1.807) is 26.4 Å². The Morgan fingerprint density at radius 1 is 0.966 bits per heavy atom. The molecule has 5 heteroatoms. The monoisotopic (exact) mass is 405 g/mol. The first kappa shape index (κ1) is 20.3. The maximum absolute atomic E-state index is 9.59. The Balaban J connectivity index is 1.75. The second-order valence-corrected chi connectivity index (χ2v) is 6.60. The van der Waals surface area contributed by atoms with Gasteiger partial charge in [0.15, 0.2) is 11.5 Å². The van der Waals surface area contributed by atoms with E-state index in [9.17, 15) is 5.26 Å². The molecule has 0 fully saturated rings. The van der Waals surface area contributed by atoms with Crippen LogP contribution in [-0.4, -0.2) is 14.2 Å². The molecule has 0 amide bonds. The summed E-state index contributed by atoms with van der Waals surface area (Å²) in [6.07, 6.45) is 1.82. The minimum atomic E-state index is 0.393. The van der Waals surface area contributed by atoms with E-state index in [2.05, 4.69) is 6.07 Å². The second kappa shape index (κ2) is 9.68. The molecule has 0 atom stereocenters. The maximum atomic E-state index is 9.59. The van der Waals surface area contributed by atoms with Crippen LogP contribution in [0.1, 0.15) is 16.7 Å². The van der Waals surface area contributed by atoms with E-state index in [0.717, 1.165) is 22.4 Å². The standard InChI is InChI=1S/C24H20ClNO3/c1-27-23-12-9-18(14-24(23)28-2)20(15-26)13-17-7-10-21(11-8-17)29-16-19-5-3-4-6-22(19)25/h3-14H,16H2,1-2H3/b20-13+. The van der Waals surface area contributed by atoms with E-state index < -0.39 is 0 Å². The van der Waals surface area contributed by atoms with Crippen molar-refractivity contribution in [2.24, 2.45) is 0 Å². The van der Waals surface area contributed by atoms with Crippen LogP contribution in [0.2, 0.25) is 5.02 Å². The molecule has 0 unspecified atom stereocenters. The van der Waals surface area contributed by atoms with E-state index in [4.69, 9.17) is 25.8 Å². The highest BCUT2D eigenvalue weighted by molar-refractivity contribution is 6.31. The zero-order valence-corrected chi connectivity index (χ0v) is 16.9. The molecule has 0 aliphatic rings. The van der Waals surface area contributed by atoms with Gasteiger partial charge in [-0.25, -0.2) is 0 Å². The Bertz CT molecular complexity index is 1050. The zero-order chi connectivity index (χ0) is 20.6. The normalized spacial score (nSPS) is 10.9. The molecule has 146 valence electrons. The summed E-state index contributed by atoms with van der Waals surface area (Å²) in [5, 5.41) is 10.3. The van der Waals surface area contributed by atoms with Gasteiger partial charge >= 0.3 is 0 Å². The maximum Gasteiger partial charge on any atom is 0.161 e. The summed E-state index contributed by atoms with van der Waals surface area (Å²) in [7, 11) is 3.15. The van der Waals surface area contributed by atoms with E-state index in [0.29, 0.717) is 28.7 Å². The van der Waals surface area contributed by atoms with Crippen LogP contribution < -0.4 is 14.2 Å². The highest BCUT2D eigenvalue weighted by atomic mass is 35.5. The number of halogens is 1. The molecule has 0 aliphatic carbocycles. The Labute approximate surface area is 175 Å². The fourth-order valence-electron chi connectivity index (χ4n) is 2.79. The summed E-state index contributed by atoms with van der Waals surface area (Å²) in [5.74, 6) is 1.93. The van der Waals surface area contributed by atoms with E-state index >= 15 is 0 Å². The number of allylic oxidation sites excluding steroid dienone is 1.